The average molecular weight is 623 g/mol. The highest BCUT2D eigenvalue weighted by Crippen LogP contribution is 2.53. The first-order valence-electron chi connectivity index (χ1n) is 14.7. The summed E-state index contributed by atoms with van der Waals surface area (Å²) in [4.78, 5) is 38.2. The molecular weight excluding hydrogens is 579 g/mol. The van der Waals surface area contributed by atoms with Gasteiger partial charge in [0.05, 0.1) is 11.7 Å². The summed E-state index contributed by atoms with van der Waals surface area (Å²) < 4.78 is 30.8. The van der Waals surface area contributed by atoms with E-state index in [4.69, 9.17) is 19.7 Å². The Morgan fingerprint density at radius 2 is 1.39 bits per heavy atom. The van der Waals surface area contributed by atoms with Crippen molar-refractivity contribution in [2.45, 2.75) is 65.8 Å². The number of hydrogen-bond acceptors (Lipinski definition) is 8. The topological polar surface area (TPSA) is 134 Å². The molecule has 10 heteroatoms. The first kappa shape index (κ1) is 34.7. The second-order valence-corrected chi connectivity index (χ2v) is 14.1. The Balaban J connectivity index is 1.83. The monoisotopic (exact) mass is 622 g/mol. The van der Waals surface area contributed by atoms with Crippen molar-refractivity contribution in [3.63, 3.8) is 0 Å². The van der Waals surface area contributed by atoms with E-state index in [0.717, 1.165) is 22.3 Å². The third kappa shape index (κ3) is 10.4. The fraction of sp³-hybridized carbons (Fsp3) is 0.382. The number of esters is 2. The third-order valence-corrected chi connectivity index (χ3v) is 9.81. The normalized spacial score (nSPS) is 15.3. The number of nitrogens with two attached hydrogens (primary N) is 1. The van der Waals surface area contributed by atoms with Crippen molar-refractivity contribution in [2.75, 3.05) is 6.16 Å². The molecule has 5 unspecified atom stereocenters. The molecule has 44 heavy (non-hydrogen) atoms. The quantitative estimate of drug-likeness (QED) is 0.122. The van der Waals surface area contributed by atoms with Gasteiger partial charge in [0.2, 0.25) is 19.6 Å². The van der Waals surface area contributed by atoms with Gasteiger partial charge in [-0.05, 0) is 42.5 Å². The molecule has 0 aliphatic rings. The van der Waals surface area contributed by atoms with Crippen LogP contribution in [-0.4, -0.2) is 42.1 Å². The van der Waals surface area contributed by atoms with Gasteiger partial charge in [-0.25, -0.2) is 4.79 Å². The van der Waals surface area contributed by atoms with Gasteiger partial charge in [0.15, 0.2) is 0 Å². The van der Waals surface area contributed by atoms with Crippen LogP contribution in [0.1, 0.15) is 45.7 Å². The highest BCUT2D eigenvalue weighted by molar-refractivity contribution is 7.59. The number of benzene rings is 3. The van der Waals surface area contributed by atoms with Crippen LogP contribution in [0.15, 0.2) is 84.9 Å². The first-order valence-corrected chi connectivity index (χ1v) is 16.6. The molecule has 0 aromatic heterocycles. The Morgan fingerprint density at radius 3 is 1.93 bits per heavy atom. The summed E-state index contributed by atoms with van der Waals surface area (Å²) in [6, 6.07) is 25.9. The lowest BCUT2D eigenvalue weighted by Crippen LogP contribution is -2.44. The van der Waals surface area contributed by atoms with E-state index in [0.29, 0.717) is 0 Å². The maximum atomic E-state index is 14.2. The Hall–Kier alpha value is -3.78. The molecule has 3 rings (SSSR count). The van der Waals surface area contributed by atoms with E-state index in [1.165, 1.54) is 13.8 Å². The lowest BCUT2D eigenvalue weighted by atomic mass is 9.97. The number of amides is 1. The number of carbonyl (C=O) groups excluding carboxylic acids is 3. The van der Waals surface area contributed by atoms with Gasteiger partial charge in [-0.1, -0.05) is 98.8 Å². The van der Waals surface area contributed by atoms with Crippen molar-refractivity contribution in [1.82, 2.24) is 5.32 Å². The van der Waals surface area contributed by atoms with E-state index in [2.05, 4.69) is 5.32 Å². The van der Waals surface area contributed by atoms with Crippen LogP contribution in [0, 0.1) is 11.8 Å². The van der Waals surface area contributed by atoms with Crippen LogP contribution in [0.4, 0.5) is 0 Å². The van der Waals surface area contributed by atoms with E-state index < -0.39 is 49.2 Å². The van der Waals surface area contributed by atoms with Crippen LogP contribution >= 0.6 is 7.37 Å². The molecular formula is C34H43N2O7P. The molecule has 1 amide bonds. The van der Waals surface area contributed by atoms with Gasteiger partial charge in [-0.3, -0.25) is 18.7 Å². The van der Waals surface area contributed by atoms with Crippen LogP contribution in [0.2, 0.25) is 0 Å². The molecule has 0 aliphatic heterocycles. The molecule has 0 radical (unpaired) electrons. The number of carbonyl (C=O) groups is 3. The summed E-state index contributed by atoms with van der Waals surface area (Å²) in [5, 5.41) is 2.73. The van der Waals surface area contributed by atoms with Gasteiger partial charge in [0, 0.05) is 19.0 Å². The molecule has 3 aromatic carbocycles. The number of nitrogens with one attached hydrogen (secondary N) is 1. The van der Waals surface area contributed by atoms with Crippen molar-refractivity contribution in [2.24, 2.45) is 17.6 Å². The van der Waals surface area contributed by atoms with Crippen LogP contribution in [-0.2, 0) is 46.0 Å². The van der Waals surface area contributed by atoms with Gasteiger partial charge in [0.25, 0.3) is 0 Å². The molecule has 0 fully saturated rings. The lowest BCUT2D eigenvalue weighted by molar-refractivity contribution is -0.166. The van der Waals surface area contributed by atoms with Gasteiger partial charge in [-0.2, -0.15) is 0 Å². The molecule has 236 valence electrons. The summed E-state index contributed by atoms with van der Waals surface area (Å²) in [6.45, 7) is 7.91. The second kappa shape index (κ2) is 16.3. The first-order chi connectivity index (χ1) is 20.9. The molecule has 0 bridgehead atoms. The van der Waals surface area contributed by atoms with E-state index in [9.17, 15) is 18.9 Å². The largest absolute Gasteiger partial charge is 0.459 e. The zero-order chi connectivity index (χ0) is 32.3. The summed E-state index contributed by atoms with van der Waals surface area (Å²) in [6.07, 6.45) is -1.13. The molecule has 0 saturated heterocycles. The van der Waals surface area contributed by atoms with E-state index >= 15 is 0 Å². The number of hydrogen-bond donors (Lipinski definition) is 2. The van der Waals surface area contributed by atoms with Crippen LogP contribution in [0.25, 0.3) is 11.1 Å². The molecule has 5 atom stereocenters. The smallest absolute Gasteiger partial charge is 0.328 e. The third-order valence-electron chi connectivity index (χ3n) is 7.05. The lowest BCUT2D eigenvalue weighted by Gasteiger charge is -2.31. The molecule has 3 aromatic rings. The summed E-state index contributed by atoms with van der Waals surface area (Å²) in [5.74, 6) is -3.85. The zero-order valence-corrected chi connectivity index (χ0v) is 26.9. The minimum atomic E-state index is -3.76. The van der Waals surface area contributed by atoms with Crippen molar-refractivity contribution >= 4 is 25.2 Å². The maximum Gasteiger partial charge on any atom is 0.328 e. The zero-order valence-electron chi connectivity index (χ0n) is 26.0. The number of rotatable bonds is 15. The Labute approximate surface area is 259 Å². The molecule has 0 heterocycles. The van der Waals surface area contributed by atoms with Crippen LogP contribution in [0.5, 0.6) is 0 Å². The number of ether oxygens (including phenoxy) is 2. The summed E-state index contributed by atoms with van der Waals surface area (Å²) >= 11 is 0. The predicted molar refractivity (Wildman–Crippen MR) is 171 cm³/mol. The summed E-state index contributed by atoms with van der Waals surface area (Å²) in [7, 11) is -3.76. The highest BCUT2D eigenvalue weighted by atomic mass is 31.2. The predicted octanol–water partition coefficient (Wildman–Crippen LogP) is 5.91. The highest BCUT2D eigenvalue weighted by Gasteiger charge is 2.39. The molecule has 0 saturated carbocycles. The van der Waals surface area contributed by atoms with Gasteiger partial charge in [-0.15, -0.1) is 0 Å². The molecule has 0 aliphatic carbocycles. The minimum absolute atomic E-state index is 0.0670. The average Bonchev–Trinajstić information content (AvgIpc) is 3.00. The van der Waals surface area contributed by atoms with Crippen LogP contribution in [0.3, 0.4) is 0 Å². The maximum absolute atomic E-state index is 14.2. The molecule has 0 spiro atoms. The fourth-order valence-corrected chi connectivity index (χ4v) is 6.62. The second-order valence-electron chi connectivity index (χ2n) is 11.3. The van der Waals surface area contributed by atoms with E-state index in [-0.39, 0.29) is 25.1 Å². The van der Waals surface area contributed by atoms with Crippen molar-refractivity contribution in [1.29, 1.82) is 0 Å². The molecule has 9 nitrogen and oxygen atoms in total. The van der Waals surface area contributed by atoms with Gasteiger partial charge >= 0.3 is 11.9 Å². The van der Waals surface area contributed by atoms with E-state index in [1.807, 2.05) is 84.9 Å². The Bertz CT molecular complexity index is 1410. The standard InChI is InChI=1S/C34H43N2O7P/c1-23(2)34(42-26(5)37)43-44(40,25(4)35)22-31(20-27-16-18-30(19-17-27)29-14-10-7-11-15-29)32(38)36-24(3)33(39)41-21-28-12-8-6-9-13-28/h6-19,23-25,31,34H,20-22,35H2,1-5H3,(H,36,38). The van der Waals surface area contributed by atoms with E-state index in [1.54, 1.807) is 20.8 Å². The SMILES string of the molecule is CC(=O)OC(OP(=O)(CC(Cc1ccc(-c2ccccc2)cc1)C(=O)NC(C)C(=O)OCc1ccccc1)C(C)N)C(C)C. The van der Waals surface area contributed by atoms with Crippen molar-refractivity contribution < 1.29 is 32.9 Å². The van der Waals surface area contributed by atoms with Gasteiger partial charge in [0.1, 0.15) is 12.6 Å². The molecule has 3 N–H and O–H groups in total. The summed E-state index contributed by atoms with van der Waals surface area (Å²) in [5.41, 5.74) is 9.89. The fourth-order valence-electron chi connectivity index (χ4n) is 4.46. The minimum Gasteiger partial charge on any atom is -0.459 e. The Kier molecular flexibility index (Phi) is 12.9. The van der Waals surface area contributed by atoms with Gasteiger partial charge < -0.3 is 20.5 Å². The van der Waals surface area contributed by atoms with Crippen LogP contribution < -0.4 is 11.1 Å². The van der Waals surface area contributed by atoms with Crippen molar-refractivity contribution in [3.8, 4) is 11.1 Å². The van der Waals surface area contributed by atoms with Crippen molar-refractivity contribution in [3.05, 3.63) is 96.1 Å². The Morgan fingerprint density at radius 1 is 0.818 bits per heavy atom.